The predicted octanol–water partition coefficient (Wildman–Crippen LogP) is 3.97. The van der Waals surface area contributed by atoms with E-state index in [1.54, 1.807) is 30.3 Å². The van der Waals surface area contributed by atoms with Gasteiger partial charge in [-0.15, -0.1) is 0 Å². The Labute approximate surface area is 233 Å². The van der Waals surface area contributed by atoms with Gasteiger partial charge in [0.05, 0.1) is 32.0 Å². The van der Waals surface area contributed by atoms with Crippen LogP contribution in [0.25, 0.3) is 11.2 Å². The molecule has 3 aromatic rings. The molecule has 3 heterocycles. The number of fused-ring (bicyclic) bond motifs is 1. The summed E-state index contributed by atoms with van der Waals surface area (Å²) in [6.07, 6.45) is -2.36. The number of imidazole rings is 1. The molecule has 1 aliphatic rings. The zero-order valence-corrected chi connectivity index (χ0v) is 23.6. The second kappa shape index (κ2) is 13.5. The molecular formula is C26H33FN7O5P. The molecule has 1 saturated heterocycles. The lowest BCUT2D eigenvalue weighted by Crippen LogP contribution is -2.38. The van der Waals surface area contributed by atoms with E-state index in [9.17, 15) is 9.90 Å². The monoisotopic (exact) mass is 573 g/mol. The number of carbonyl (C=O) groups excluding carboxylic acids is 1. The van der Waals surface area contributed by atoms with E-state index in [1.165, 1.54) is 17.2 Å². The summed E-state index contributed by atoms with van der Waals surface area (Å²) in [4.78, 5) is 25.4. The number of anilines is 1. The number of nitrogens with zero attached hydrogens (tertiary/aromatic N) is 6. The van der Waals surface area contributed by atoms with Gasteiger partial charge in [-0.2, -0.15) is 5.26 Å². The van der Waals surface area contributed by atoms with Crippen LogP contribution < -0.4 is 5.32 Å². The Bertz CT molecular complexity index is 1310. The normalized spacial score (nSPS) is 21.8. The van der Waals surface area contributed by atoms with Crippen molar-refractivity contribution in [3.63, 3.8) is 0 Å². The number of aliphatic hydroxyl groups is 1. The number of ether oxygens (including phenoxy) is 1. The smallest absolute Gasteiger partial charge is 0.259 e. The molecule has 0 bridgehead atoms. The Kier molecular flexibility index (Phi) is 10.1. The van der Waals surface area contributed by atoms with Crippen LogP contribution in [-0.2, 0) is 13.8 Å². The summed E-state index contributed by atoms with van der Waals surface area (Å²) in [6.45, 7) is 7.53. The van der Waals surface area contributed by atoms with Gasteiger partial charge in [-0.25, -0.2) is 24.0 Å². The number of nitriles is 1. The second-order valence-electron chi connectivity index (χ2n) is 9.68. The van der Waals surface area contributed by atoms with Crippen LogP contribution in [0.4, 0.5) is 10.2 Å². The Morgan fingerprint density at radius 1 is 1.25 bits per heavy atom. The summed E-state index contributed by atoms with van der Waals surface area (Å²) in [5.41, 5.74) is 0.926. The first kappa shape index (κ1) is 29.9. The van der Waals surface area contributed by atoms with Gasteiger partial charge in [-0.3, -0.25) is 9.36 Å². The Morgan fingerprint density at radius 2 is 1.98 bits per heavy atom. The number of carbonyl (C=O) groups is 1. The molecule has 1 unspecified atom stereocenters. The number of halogens is 1. The van der Waals surface area contributed by atoms with Gasteiger partial charge in [0.15, 0.2) is 29.4 Å². The molecule has 1 aromatic carbocycles. The zero-order chi connectivity index (χ0) is 28.8. The standard InChI is InChI=1S/C26H33FN7O5P/c1-16(2)34(17(3)4)40(37-12-8-11-28)39-22-19(13-35)38-26(20(22)27)33-15-31-21-23(29-14-30-24(21)33)32-25(36)18-9-6-5-7-10-18/h5-7,9-10,14-17,19-20,22,26,35H,8,12-13H2,1-4H3,(H,29,30,32,36)/t19-,20-,22-,26-,40?/m1/s1. The second-order valence-corrected chi connectivity index (χ2v) is 11.1. The molecule has 5 atom stereocenters. The zero-order valence-electron chi connectivity index (χ0n) is 22.7. The molecule has 40 heavy (non-hydrogen) atoms. The first-order valence-electron chi connectivity index (χ1n) is 13.0. The van der Waals surface area contributed by atoms with Crippen LogP contribution in [0.3, 0.4) is 0 Å². The molecule has 0 saturated carbocycles. The number of amides is 1. The minimum atomic E-state index is -1.78. The van der Waals surface area contributed by atoms with Gasteiger partial charge in [0, 0.05) is 17.6 Å². The van der Waals surface area contributed by atoms with Crippen molar-refractivity contribution in [2.45, 2.75) is 70.8 Å². The van der Waals surface area contributed by atoms with Gasteiger partial charge < -0.3 is 24.2 Å². The molecule has 0 radical (unpaired) electrons. The Balaban J connectivity index is 1.59. The number of benzene rings is 1. The van der Waals surface area contributed by atoms with Gasteiger partial charge in [-0.1, -0.05) is 18.2 Å². The predicted molar refractivity (Wildman–Crippen MR) is 146 cm³/mol. The number of hydrogen-bond acceptors (Lipinski definition) is 10. The van der Waals surface area contributed by atoms with E-state index in [-0.39, 0.29) is 48.0 Å². The molecule has 4 rings (SSSR count). The van der Waals surface area contributed by atoms with Gasteiger partial charge in [0.2, 0.25) is 0 Å². The Hall–Kier alpha value is -3.11. The van der Waals surface area contributed by atoms with Crippen molar-refractivity contribution in [1.29, 1.82) is 5.26 Å². The maximum absolute atomic E-state index is 16.1. The summed E-state index contributed by atoms with van der Waals surface area (Å²) >= 11 is 0. The number of aromatic nitrogens is 4. The maximum atomic E-state index is 16.1. The SMILES string of the molecule is CC(C)N(C(C)C)P(OCCC#N)O[C@H]1[C@@H](F)[C@H](n2cnc3c(NC(=O)c4ccccc4)ncnc32)O[C@@H]1CO. The van der Waals surface area contributed by atoms with E-state index in [1.807, 2.05) is 38.4 Å². The third-order valence-corrected chi connectivity index (χ3v) is 8.35. The summed E-state index contributed by atoms with van der Waals surface area (Å²) in [6, 6.07) is 10.7. The molecule has 12 nitrogen and oxygen atoms in total. The van der Waals surface area contributed by atoms with Gasteiger partial charge in [0.25, 0.3) is 14.4 Å². The van der Waals surface area contributed by atoms with Gasteiger partial charge >= 0.3 is 0 Å². The van der Waals surface area contributed by atoms with E-state index >= 15 is 4.39 Å². The molecule has 0 spiro atoms. The fourth-order valence-corrected chi connectivity index (χ4v) is 6.25. The van der Waals surface area contributed by atoms with Crippen molar-refractivity contribution in [2.24, 2.45) is 0 Å². The largest absolute Gasteiger partial charge is 0.394 e. The van der Waals surface area contributed by atoms with Crippen LogP contribution in [0.1, 0.15) is 50.7 Å². The van der Waals surface area contributed by atoms with Crippen LogP contribution >= 0.6 is 8.53 Å². The summed E-state index contributed by atoms with van der Waals surface area (Å²) < 4.78 is 37.5. The fourth-order valence-electron chi connectivity index (χ4n) is 4.49. The third kappa shape index (κ3) is 6.44. The molecule has 1 fully saturated rings. The molecule has 1 aliphatic heterocycles. The molecular weight excluding hydrogens is 540 g/mol. The molecule has 2 N–H and O–H groups in total. The van der Waals surface area contributed by atoms with Crippen molar-refractivity contribution < 1.29 is 28.1 Å². The quantitative estimate of drug-likeness (QED) is 0.241. The molecule has 1 amide bonds. The fraction of sp³-hybridized carbons (Fsp3) is 0.500. The minimum absolute atomic E-state index is 0.00997. The first-order chi connectivity index (χ1) is 19.3. The van der Waals surface area contributed by atoms with Crippen molar-refractivity contribution in [3.8, 4) is 6.07 Å². The highest BCUT2D eigenvalue weighted by atomic mass is 31.2. The lowest BCUT2D eigenvalue weighted by molar-refractivity contribution is -0.0446. The molecule has 214 valence electrons. The average molecular weight is 574 g/mol. The highest BCUT2D eigenvalue weighted by molar-refractivity contribution is 7.44. The van der Waals surface area contributed by atoms with Crippen LogP contribution in [0.15, 0.2) is 43.0 Å². The van der Waals surface area contributed by atoms with Crippen molar-refractivity contribution in [1.82, 2.24) is 24.2 Å². The van der Waals surface area contributed by atoms with E-state index in [0.29, 0.717) is 5.56 Å². The average Bonchev–Trinajstić information content (AvgIpc) is 3.50. The number of aliphatic hydroxyl groups excluding tert-OH is 1. The summed E-state index contributed by atoms with van der Waals surface area (Å²) in [5, 5.41) is 21.7. The van der Waals surface area contributed by atoms with E-state index in [4.69, 9.17) is 19.0 Å². The van der Waals surface area contributed by atoms with E-state index < -0.39 is 39.7 Å². The number of rotatable bonds is 12. The third-order valence-electron chi connectivity index (χ3n) is 6.22. The molecule has 0 aliphatic carbocycles. The van der Waals surface area contributed by atoms with E-state index in [0.717, 1.165) is 0 Å². The minimum Gasteiger partial charge on any atom is -0.394 e. The Morgan fingerprint density at radius 3 is 2.62 bits per heavy atom. The van der Waals surface area contributed by atoms with Gasteiger partial charge in [-0.05, 0) is 39.8 Å². The summed E-state index contributed by atoms with van der Waals surface area (Å²) in [5.74, 6) is -0.217. The van der Waals surface area contributed by atoms with Crippen LogP contribution in [0, 0.1) is 11.3 Å². The molecule has 14 heteroatoms. The van der Waals surface area contributed by atoms with E-state index in [2.05, 4.69) is 20.3 Å². The lowest BCUT2D eigenvalue weighted by atomic mass is 10.1. The lowest BCUT2D eigenvalue weighted by Gasteiger charge is -2.37. The summed E-state index contributed by atoms with van der Waals surface area (Å²) in [7, 11) is -1.78. The number of alkyl halides is 1. The highest BCUT2D eigenvalue weighted by Crippen LogP contribution is 2.50. The number of hydrogen-bond donors (Lipinski definition) is 2. The van der Waals surface area contributed by atoms with Gasteiger partial charge in [0.1, 0.15) is 18.5 Å². The highest BCUT2D eigenvalue weighted by Gasteiger charge is 2.49. The van der Waals surface area contributed by atoms with Crippen LogP contribution in [0.5, 0.6) is 0 Å². The van der Waals surface area contributed by atoms with Crippen molar-refractivity contribution in [2.75, 3.05) is 18.5 Å². The van der Waals surface area contributed by atoms with Crippen LogP contribution in [0.2, 0.25) is 0 Å². The van der Waals surface area contributed by atoms with Crippen molar-refractivity contribution >= 4 is 31.4 Å². The topological polar surface area (TPSA) is 148 Å². The maximum Gasteiger partial charge on any atom is 0.259 e. The first-order valence-corrected chi connectivity index (χ1v) is 14.1. The van der Waals surface area contributed by atoms with Crippen LogP contribution in [-0.4, -0.2) is 78.9 Å². The molecule has 2 aromatic heterocycles. The number of nitrogens with one attached hydrogen (secondary N) is 1. The van der Waals surface area contributed by atoms with Crippen molar-refractivity contribution in [3.05, 3.63) is 48.5 Å².